The van der Waals surface area contributed by atoms with E-state index in [1.807, 2.05) is 23.6 Å². The molecule has 30 heavy (non-hydrogen) atoms. The van der Waals surface area contributed by atoms with Gasteiger partial charge in [-0.3, -0.25) is 9.18 Å². The first-order valence-electron chi connectivity index (χ1n) is 9.27. The number of amides is 1. The number of anilines is 1. The Hall–Kier alpha value is -2.64. The largest absolute Gasteiger partial charge is 0.322 e. The number of halogens is 2. The molecule has 0 spiro atoms. The van der Waals surface area contributed by atoms with E-state index in [-0.39, 0.29) is 17.2 Å². The van der Waals surface area contributed by atoms with Gasteiger partial charge in [0.25, 0.3) is 5.91 Å². The highest BCUT2D eigenvalue weighted by Crippen LogP contribution is 2.27. The lowest BCUT2D eigenvalue weighted by molar-refractivity contribution is 0.102. The third kappa shape index (κ3) is 4.57. The van der Waals surface area contributed by atoms with Crippen molar-refractivity contribution >= 4 is 33.0 Å². The van der Waals surface area contributed by atoms with Crippen LogP contribution in [-0.2, 0) is 16.3 Å². The van der Waals surface area contributed by atoms with Crippen LogP contribution in [0.2, 0.25) is 5.02 Å². The Balaban J connectivity index is 1.97. The fourth-order valence-electron chi connectivity index (χ4n) is 3.37. The molecular weight excluding hydrogens is 427 g/mol. The number of nitrogens with zero attached hydrogens (tertiary/aromatic N) is 1. The fourth-order valence-corrected chi connectivity index (χ4v) is 4.23. The first-order valence-corrected chi connectivity index (χ1v) is 11.5. The molecule has 0 bridgehead atoms. The van der Waals surface area contributed by atoms with E-state index in [2.05, 4.69) is 5.32 Å². The topological polar surface area (TPSA) is 68.2 Å². The van der Waals surface area contributed by atoms with E-state index in [0.29, 0.717) is 27.7 Å². The van der Waals surface area contributed by atoms with Gasteiger partial charge in [0, 0.05) is 40.5 Å². The molecule has 0 unspecified atom stereocenters. The fraction of sp³-hybridized carbons (Fsp3) is 0.227. The third-order valence-electron chi connectivity index (χ3n) is 4.86. The molecule has 0 aliphatic rings. The Labute approximate surface area is 180 Å². The molecule has 3 rings (SSSR count). The summed E-state index contributed by atoms with van der Waals surface area (Å²) in [6.07, 6.45) is 1.29. The predicted molar refractivity (Wildman–Crippen MR) is 117 cm³/mol. The van der Waals surface area contributed by atoms with Gasteiger partial charge < -0.3 is 9.88 Å². The Morgan fingerprint density at radius 1 is 1.10 bits per heavy atom. The summed E-state index contributed by atoms with van der Waals surface area (Å²) in [6, 6.07) is 13.0. The first kappa shape index (κ1) is 22.1. The molecule has 0 saturated carbocycles. The zero-order valence-electron chi connectivity index (χ0n) is 16.9. The number of alkyl halides is 1. The number of benzene rings is 2. The van der Waals surface area contributed by atoms with Crippen molar-refractivity contribution < 1.29 is 17.6 Å². The molecule has 2 aromatic carbocycles. The van der Waals surface area contributed by atoms with Gasteiger partial charge in [0.05, 0.1) is 17.1 Å². The molecule has 3 aromatic rings. The normalized spacial score (nSPS) is 11.5. The Morgan fingerprint density at radius 2 is 1.77 bits per heavy atom. The van der Waals surface area contributed by atoms with Crippen LogP contribution in [0.25, 0.3) is 5.69 Å². The second kappa shape index (κ2) is 8.62. The molecule has 0 fully saturated rings. The van der Waals surface area contributed by atoms with E-state index in [0.717, 1.165) is 17.5 Å². The number of carbonyl (C=O) groups is 1. The number of hydrogen-bond donors (Lipinski definition) is 1. The summed E-state index contributed by atoms with van der Waals surface area (Å²) < 4.78 is 38.2. The molecule has 158 valence electrons. The quantitative estimate of drug-likeness (QED) is 0.582. The summed E-state index contributed by atoms with van der Waals surface area (Å²) in [7, 11) is -3.31. The van der Waals surface area contributed by atoms with Crippen molar-refractivity contribution in [3.05, 3.63) is 76.1 Å². The molecule has 0 atom stereocenters. The van der Waals surface area contributed by atoms with Crippen LogP contribution in [0, 0.1) is 13.8 Å². The van der Waals surface area contributed by atoms with Gasteiger partial charge in [-0.05, 0) is 67.9 Å². The van der Waals surface area contributed by atoms with Crippen molar-refractivity contribution in [3.8, 4) is 5.69 Å². The number of sulfone groups is 1. The predicted octanol–water partition coefficient (Wildman–Crippen LogP) is 4.92. The summed E-state index contributed by atoms with van der Waals surface area (Å²) in [4.78, 5) is 13.1. The lowest BCUT2D eigenvalue weighted by Gasteiger charge is -2.14. The number of nitrogens with one attached hydrogen (secondary N) is 1. The number of carbonyl (C=O) groups excluding carboxylic acids is 1. The average molecular weight is 449 g/mol. The minimum Gasteiger partial charge on any atom is -0.322 e. The summed E-state index contributed by atoms with van der Waals surface area (Å²) in [5.74, 6) is -0.356. The number of aryl methyl sites for hydroxylation is 2. The van der Waals surface area contributed by atoms with Gasteiger partial charge in [0.1, 0.15) is 0 Å². The Bertz CT molecular complexity index is 1200. The highest BCUT2D eigenvalue weighted by atomic mass is 35.5. The van der Waals surface area contributed by atoms with E-state index in [1.54, 1.807) is 19.1 Å². The van der Waals surface area contributed by atoms with E-state index >= 15 is 0 Å². The van der Waals surface area contributed by atoms with Crippen LogP contribution in [0.15, 0.2) is 53.4 Å². The molecule has 1 N–H and O–H groups in total. The number of aromatic nitrogens is 1. The number of hydrogen-bond acceptors (Lipinski definition) is 3. The van der Waals surface area contributed by atoms with Crippen LogP contribution >= 0.6 is 11.6 Å². The summed E-state index contributed by atoms with van der Waals surface area (Å²) in [6.45, 7) is 3.16. The van der Waals surface area contributed by atoms with Gasteiger partial charge >= 0.3 is 0 Å². The van der Waals surface area contributed by atoms with Gasteiger partial charge in [-0.2, -0.15) is 0 Å². The maximum atomic E-state index is 13.2. The molecule has 0 aliphatic heterocycles. The van der Waals surface area contributed by atoms with Crippen molar-refractivity contribution in [1.29, 1.82) is 0 Å². The lowest BCUT2D eigenvalue weighted by atomic mass is 10.2. The standard InChI is InChI=1S/C22H22ClFN2O3S/c1-14-12-16(23)4-9-21(14)26-15(2)20(13-18(26)10-11-24)22(27)25-17-5-7-19(8-6-17)30(3,28)29/h4-9,12-13H,10-11H2,1-3H3,(H,25,27). The summed E-state index contributed by atoms with van der Waals surface area (Å²) in [5.41, 5.74) is 3.97. The lowest BCUT2D eigenvalue weighted by Crippen LogP contribution is -2.13. The van der Waals surface area contributed by atoms with Crippen LogP contribution < -0.4 is 5.32 Å². The molecule has 1 aromatic heterocycles. The molecular formula is C22H22ClFN2O3S. The molecule has 8 heteroatoms. The van der Waals surface area contributed by atoms with Crippen molar-refractivity contribution in [2.45, 2.75) is 25.2 Å². The highest BCUT2D eigenvalue weighted by molar-refractivity contribution is 7.90. The van der Waals surface area contributed by atoms with E-state index in [9.17, 15) is 17.6 Å². The molecule has 0 saturated heterocycles. The monoisotopic (exact) mass is 448 g/mol. The van der Waals surface area contributed by atoms with Crippen LogP contribution in [0.5, 0.6) is 0 Å². The molecule has 0 aliphatic carbocycles. The maximum absolute atomic E-state index is 13.2. The van der Waals surface area contributed by atoms with E-state index < -0.39 is 16.5 Å². The van der Waals surface area contributed by atoms with Crippen LogP contribution in [-0.4, -0.2) is 31.8 Å². The van der Waals surface area contributed by atoms with E-state index in [4.69, 9.17) is 11.6 Å². The van der Waals surface area contributed by atoms with Gasteiger partial charge in [-0.15, -0.1) is 0 Å². The number of rotatable bonds is 6. The van der Waals surface area contributed by atoms with Crippen molar-refractivity contribution in [2.75, 3.05) is 18.2 Å². The molecule has 1 amide bonds. The smallest absolute Gasteiger partial charge is 0.257 e. The SMILES string of the molecule is Cc1cc(Cl)ccc1-n1c(CCF)cc(C(=O)Nc2ccc(S(C)(=O)=O)cc2)c1C. The van der Waals surface area contributed by atoms with Gasteiger partial charge in [-0.1, -0.05) is 11.6 Å². The van der Waals surface area contributed by atoms with Crippen molar-refractivity contribution in [1.82, 2.24) is 4.57 Å². The second-order valence-corrected chi connectivity index (χ2v) is 9.54. The maximum Gasteiger partial charge on any atom is 0.257 e. The molecule has 5 nitrogen and oxygen atoms in total. The minimum atomic E-state index is -3.31. The Kier molecular flexibility index (Phi) is 6.33. The van der Waals surface area contributed by atoms with E-state index in [1.165, 1.54) is 24.3 Å². The zero-order valence-corrected chi connectivity index (χ0v) is 18.4. The van der Waals surface area contributed by atoms with Crippen LogP contribution in [0.1, 0.15) is 27.3 Å². The van der Waals surface area contributed by atoms with Gasteiger partial charge in [0.15, 0.2) is 9.84 Å². The van der Waals surface area contributed by atoms with Crippen molar-refractivity contribution in [3.63, 3.8) is 0 Å². The van der Waals surface area contributed by atoms with Crippen molar-refractivity contribution in [2.24, 2.45) is 0 Å². The zero-order chi connectivity index (χ0) is 22.1. The first-order chi connectivity index (χ1) is 14.1. The second-order valence-electron chi connectivity index (χ2n) is 7.09. The molecule has 0 radical (unpaired) electrons. The molecule has 1 heterocycles. The van der Waals surface area contributed by atoms with Gasteiger partial charge in [-0.25, -0.2) is 8.42 Å². The minimum absolute atomic E-state index is 0.166. The van der Waals surface area contributed by atoms with Crippen LogP contribution in [0.3, 0.4) is 0 Å². The summed E-state index contributed by atoms with van der Waals surface area (Å²) in [5, 5.41) is 3.37. The Morgan fingerprint density at radius 3 is 2.33 bits per heavy atom. The average Bonchev–Trinajstić information content (AvgIpc) is 2.98. The van der Waals surface area contributed by atoms with Gasteiger partial charge in [0.2, 0.25) is 0 Å². The third-order valence-corrected chi connectivity index (χ3v) is 6.22. The highest BCUT2D eigenvalue weighted by Gasteiger charge is 2.20. The summed E-state index contributed by atoms with van der Waals surface area (Å²) >= 11 is 6.06. The van der Waals surface area contributed by atoms with Crippen LogP contribution in [0.4, 0.5) is 10.1 Å².